The molecule has 0 saturated heterocycles. The van der Waals surface area contributed by atoms with Crippen LogP contribution in [0.1, 0.15) is 11.1 Å². The number of hydrogen-bond donors (Lipinski definition) is 2. The first-order chi connectivity index (χ1) is 10.1. The van der Waals surface area contributed by atoms with Crippen molar-refractivity contribution in [3.63, 3.8) is 0 Å². The molecule has 0 spiro atoms. The van der Waals surface area contributed by atoms with E-state index in [1.54, 1.807) is 18.2 Å². The van der Waals surface area contributed by atoms with E-state index in [1.807, 2.05) is 12.1 Å². The fraction of sp³-hybridized carbons (Fsp3) is 0.188. The van der Waals surface area contributed by atoms with Gasteiger partial charge in [-0.3, -0.25) is 4.79 Å². The van der Waals surface area contributed by atoms with Crippen LogP contribution < -0.4 is 10.6 Å². The Kier molecular flexibility index (Phi) is 4.29. The van der Waals surface area contributed by atoms with Crippen molar-refractivity contribution in [1.82, 2.24) is 5.32 Å². The lowest BCUT2D eigenvalue weighted by Crippen LogP contribution is -2.44. The van der Waals surface area contributed by atoms with Gasteiger partial charge in [0.2, 0.25) is 5.91 Å². The van der Waals surface area contributed by atoms with Crippen molar-refractivity contribution in [3.8, 4) is 0 Å². The number of anilines is 1. The number of nitrogens with one attached hydrogen (secondary N) is 2. The Bertz CT molecular complexity index is 690. The summed E-state index contributed by atoms with van der Waals surface area (Å²) < 4.78 is 0.768. The van der Waals surface area contributed by atoms with Crippen LogP contribution >= 0.6 is 27.5 Å². The van der Waals surface area contributed by atoms with Crippen LogP contribution in [-0.2, 0) is 17.8 Å². The van der Waals surface area contributed by atoms with Gasteiger partial charge in [0, 0.05) is 16.7 Å². The zero-order valence-electron chi connectivity index (χ0n) is 11.2. The molecule has 1 heterocycles. The number of carbonyl (C=O) groups is 1. The minimum absolute atomic E-state index is 0.0290. The Labute approximate surface area is 136 Å². The Hall–Kier alpha value is -1.36. The summed E-state index contributed by atoms with van der Waals surface area (Å²) in [5, 5.41) is 6.81. The molecular weight excluding hydrogens is 352 g/mol. The van der Waals surface area contributed by atoms with Crippen molar-refractivity contribution < 1.29 is 4.79 Å². The smallest absolute Gasteiger partial charge is 0.241 e. The van der Waals surface area contributed by atoms with Crippen LogP contribution in [-0.4, -0.2) is 11.9 Å². The summed E-state index contributed by atoms with van der Waals surface area (Å²) in [7, 11) is 0. The van der Waals surface area contributed by atoms with E-state index in [9.17, 15) is 4.79 Å². The second kappa shape index (κ2) is 6.18. The molecule has 1 amide bonds. The lowest BCUT2D eigenvalue weighted by atomic mass is 9.95. The molecule has 0 aliphatic carbocycles. The number of hydrogen-bond acceptors (Lipinski definition) is 2. The molecule has 3 rings (SSSR count). The Balaban J connectivity index is 1.70. The van der Waals surface area contributed by atoms with E-state index in [2.05, 4.69) is 38.7 Å². The lowest BCUT2D eigenvalue weighted by molar-refractivity contribution is -0.118. The van der Waals surface area contributed by atoms with E-state index in [0.29, 0.717) is 11.4 Å². The predicted molar refractivity (Wildman–Crippen MR) is 88.6 cm³/mol. The first-order valence-electron chi connectivity index (χ1n) is 6.69. The third-order valence-electron chi connectivity index (χ3n) is 3.58. The van der Waals surface area contributed by atoms with Crippen LogP contribution in [0.2, 0.25) is 5.02 Å². The maximum absolute atomic E-state index is 12.4. The van der Waals surface area contributed by atoms with Crippen LogP contribution in [0.4, 0.5) is 5.69 Å². The molecule has 1 unspecified atom stereocenters. The van der Waals surface area contributed by atoms with Gasteiger partial charge in [-0.05, 0) is 51.7 Å². The molecule has 1 atom stereocenters. The number of fused-ring (bicyclic) bond motifs is 1. The molecule has 0 radical (unpaired) electrons. The van der Waals surface area contributed by atoms with E-state index in [0.717, 1.165) is 16.7 Å². The predicted octanol–water partition coefficient (Wildman–Crippen LogP) is 3.76. The number of halogens is 2. The second-order valence-electron chi connectivity index (χ2n) is 5.02. The molecule has 0 bridgehead atoms. The summed E-state index contributed by atoms with van der Waals surface area (Å²) in [6.45, 7) is 0.721. The van der Waals surface area contributed by atoms with E-state index in [-0.39, 0.29) is 11.9 Å². The van der Waals surface area contributed by atoms with Crippen LogP contribution in [0.25, 0.3) is 0 Å². The van der Waals surface area contributed by atoms with E-state index in [4.69, 9.17) is 11.6 Å². The van der Waals surface area contributed by atoms with Gasteiger partial charge in [0.25, 0.3) is 0 Å². The fourth-order valence-corrected chi connectivity index (χ4v) is 2.94. The van der Waals surface area contributed by atoms with Crippen LogP contribution in [0.15, 0.2) is 46.9 Å². The molecule has 0 fully saturated rings. The molecule has 2 aromatic rings. The normalized spacial score (nSPS) is 17.1. The topological polar surface area (TPSA) is 41.1 Å². The first kappa shape index (κ1) is 14.6. The van der Waals surface area contributed by atoms with Crippen molar-refractivity contribution in [2.24, 2.45) is 0 Å². The molecule has 108 valence electrons. The van der Waals surface area contributed by atoms with Crippen LogP contribution in [0.5, 0.6) is 0 Å². The average Bonchev–Trinajstić information content (AvgIpc) is 2.50. The SMILES string of the molecule is O=C(Nc1ccc(Cl)c(Br)c1)C1Cc2ccccc2CN1. The first-order valence-corrected chi connectivity index (χ1v) is 7.86. The van der Waals surface area contributed by atoms with Gasteiger partial charge in [0.15, 0.2) is 0 Å². The average molecular weight is 366 g/mol. The minimum Gasteiger partial charge on any atom is -0.325 e. The van der Waals surface area contributed by atoms with Crippen molar-refractivity contribution in [1.29, 1.82) is 0 Å². The number of amides is 1. The number of benzene rings is 2. The van der Waals surface area contributed by atoms with Crippen molar-refractivity contribution in [2.75, 3.05) is 5.32 Å². The fourth-order valence-electron chi connectivity index (χ4n) is 2.44. The second-order valence-corrected chi connectivity index (χ2v) is 6.29. The van der Waals surface area contributed by atoms with Gasteiger partial charge < -0.3 is 10.6 Å². The summed E-state index contributed by atoms with van der Waals surface area (Å²) >= 11 is 9.30. The largest absolute Gasteiger partial charge is 0.325 e. The minimum atomic E-state index is -0.214. The van der Waals surface area contributed by atoms with Crippen molar-refractivity contribution in [3.05, 3.63) is 63.1 Å². The van der Waals surface area contributed by atoms with Crippen molar-refractivity contribution >= 4 is 39.1 Å². The highest BCUT2D eigenvalue weighted by Crippen LogP contribution is 2.26. The Morgan fingerprint density at radius 1 is 1.24 bits per heavy atom. The van der Waals surface area contributed by atoms with Gasteiger partial charge in [-0.2, -0.15) is 0 Å². The van der Waals surface area contributed by atoms with Crippen LogP contribution in [0, 0.1) is 0 Å². The van der Waals surface area contributed by atoms with Crippen LogP contribution in [0.3, 0.4) is 0 Å². The quantitative estimate of drug-likeness (QED) is 0.851. The zero-order valence-corrected chi connectivity index (χ0v) is 13.5. The summed E-state index contributed by atoms with van der Waals surface area (Å²) in [5.41, 5.74) is 3.22. The van der Waals surface area contributed by atoms with Gasteiger partial charge in [-0.25, -0.2) is 0 Å². The molecule has 3 nitrogen and oxygen atoms in total. The molecule has 2 N–H and O–H groups in total. The van der Waals surface area contributed by atoms with Gasteiger partial charge in [0.1, 0.15) is 0 Å². The summed E-state index contributed by atoms with van der Waals surface area (Å²) in [6, 6.07) is 13.3. The van der Waals surface area contributed by atoms with Crippen molar-refractivity contribution in [2.45, 2.75) is 19.0 Å². The molecule has 1 aliphatic rings. The third kappa shape index (κ3) is 3.28. The highest BCUT2D eigenvalue weighted by molar-refractivity contribution is 9.10. The Morgan fingerprint density at radius 3 is 2.76 bits per heavy atom. The summed E-state index contributed by atoms with van der Waals surface area (Å²) in [6.07, 6.45) is 0.705. The molecule has 5 heteroatoms. The van der Waals surface area contributed by atoms with E-state index >= 15 is 0 Å². The molecule has 0 aromatic heterocycles. The monoisotopic (exact) mass is 364 g/mol. The standard InChI is InChI=1S/C16H14BrClN2O/c17-13-8-12(5-6-14(13)18)20-16(21)15-7-10-3-1-2-4-11(10)9-19-15/h1-6,8,15,19H,7,9H2,(H,20,21). The molecule has 1 aliphatic heterocycles. The zero-order chi connectivity index (χ0) is 14.8. The molecular formula is C16H14BrClN2O. The summed E-state index contributed by atoms with van der Waals surface area (Å²) in [5.74, 6) is -0.0290. The van der Waals surface area contributed by atoms with E-state index < -0.39 is 0 Å². The highest BCUT2D eigenvalue weighted by atomic mass is 79.9. The highest BCUT2D eigenvalue weighted by Gasteiger charge is 2.23. The number of rotatable bonds is 2. The number of carbonyl (C=O) groups excluding carboxylic acids is 1. The van der Waals surface area contributed by atoms with Gasteiger partial charge in [0.05, 0.1) is 11.1 Å². The molecule has 0 saturated carbocycles. The maximum Gasteiger partial charge on any atom is 0.241 e. The molecule has 21 heavy (non-hydrogen) atoms. The molecule has 2 aromatic carbocycles. The summed E-state index contributed by atoms with van der Waals surface area (Å²) in [4.78, 5) is 12.4. The maximum atomic E-state index is 12.4. The van der Waals surface area contributed by atoms with Gasteiger partial charge in [-0.15, -0.1) is 0 Å². The van der Waals surface area contributed by atoms with E-state index in [1.165, 1.54) is 11.1 Å². The lowest BCUT2D eigenvalue weighted by Gasteiger charge is -2.25. The third-order valence-corrected chi connectivity index (χ3v) is 4.80. The van der Waals surface area contributed by atoms with Gasteiger partial charge in [-0.1, -0.05) is 35.9 Å². The van der Waals surface area contributed by atoms with Gasteiger partial charge >= 0.3 is 0 Å². The Morgan fingerprint density at radius 2 is 2.00 bits per heavy atom.